The van der Waals surface area contributed by atoms with Crippen LogP contribution in [0, 0.1) is 5.41 Å². The summed E-state index contributed by atoms with van der Waals surface area (Å²) < 4.78 is 1.63. The number of carboxylic acid groups (broad SMARTS) is 1. The van der Waals surface area contributed by atoms with Crippen molar-refractivity contribution in [1.29, 1.82) is 0 Å². The van der Waals surface area contributed by atoms with Gasteiger partial charge in [-0.25, -0.2) is 9.78 Å². The number of nitrogens with zero attached hydrogens (tertiary/aromatic N) is 3. The Kier molecular flexibility index (Phi) is 3.06. The van der Waals surface area contributed by atoms with E-state index in [-0.39, 0.29) is 11.1 Å². The van der Waals surface area contributed by atoms with E-state index in [0.29, 0.717) is 10.8 Å². The molecular weight excluding hydrogens is 250 g/mol. The predicted molar refractivity (Wildman–Crippen MR) is 72.8 cm³/mol. The summed E-state index contributed by atoms with van der Waals surface area (Å²) in [7, 11) is 1.88. The predicted octanol–water partition coefficient (Wildman–Crippen LogP) is 2.58. The molecule has 98 valence electrons. The molecule has 0 atom stereocenters. The molecule has 0 saturated heterocycles. The van der Waals surface area contributed by atoms with Crippen molar-refractivity contribution in [3.63, 3.8) is 0 Å². The highest BCUT2D eigenvalue weighted by atomic mass is 32.1. The van der Waals surface area contributed by atoms with E-state index in [1.807, 2.05) is 17.3 Å². The molecule has 0 unspecified atom stereocenters. The van der Waals surface area contributed by atoms with E-state index < -0.39 is 5.97 Å². The quantitative estimate of drug-likeness (QED) is 0.928. The summed E-state index contributed by atoms with van der Waals surface area (Å²) in [4.78, 5) is 18.4. The van der Waals surface area contributed by atoms with E-state index in [0.717, 1.165) is 6.54 Å². The molecule has 2 rings (SSSR count). The van der Waals surface area contributed by atoms with Crippen molar-refractivity contribution in [3.05, 3.63) is 17.3 Å². The molecule has 0 aliphatic heterocycles. The van der Waals surface area contributed by atoms with Crippen LogP contribution in [0.15, 0.2) is 11.6 Å². The Morgan fingerprint density at radius 2 is 2.22 bits per heavy atom. The fraction of sp³-hybridized carbons (Fsp3) is 0.500. The van der Waals surface area contributed by atoms with Crippen LogP contribution >= 0.6 is 11.3 Å². The molecule has 0 aliphatic rings. The SMILES string of the molecule is CN(CC(C)(C)C)c1nc2sccn2c1C(=O)O. The van der Waals surface area contributed by atoms with Gasteiger partial charge in [0.2, 0.25) is 0 Å². The van der Waals surface area contributed by atoms with Gasteiger partial charge in [-0.2, -0.15) is 0 Å². The molecule has 0 aromatic carbocycles. The van der Waals surface area contributed by atoms with Gasteiger partial charge in [0.05, 0.1) is 0 Å². The van der Waals surface area contributed by atoms with E-state index in [1.165, 1.54) is 11.3 Å². The zero-order chi connectivity index (χ0) is 13.5. The lowest BCUT2D eigenvalue weighted by atomic mass is 9.96. The van der Waals surface area contributed by atoms with Crippen molar-refractivity contribution in [2.24, 2.45) is 5.41 Å². The number of hydrogen-bond donors (Lipinski definition) is 1. The van der Waals surface area contributed by atoms with Crippen LogP contribution in [0.4, 0.5) is 5.82 Å². The van der Waals surface area contributed by atoms with Crippen LogP contribution in [0.5, 0.6) is 0 Å². The van der Waals surface area contributed by atoms with Gasteiger partial charge < -0.3 is 10.0 Å². The zero-order valence-corrected chi connectivity index (χ0v) is 11.8. The Morgan fingerprint density at radius 3 is 2.78 bits per heavy atom. The molecule has 0 radical (unpaired) electrons. The molecule has 0 aliphatic carbocycles. The molecule has 6 heteroatoms. The first-order chi connectivity index (χ1) is 8.29. The molecule has 0 fully saturated rings. The monoisotopic (exact) mass is 267 g/mol. The maximum absolute atomic E-state index is 11.4. The van der Waals surface area contributed by atoms with Crippen LogP contribution in [-0.2, 0) is 0 Å². The minimum atomic E-state index is -0.948. The van der Waals surface area contributed by atoms with Crippen molar-refractivity contribution in [2.75, 3.05) is 18.5 Å². The summed E-state index contributed by atoms with van der Waals surface area (Å²) in [6.07, 6.45) is 1.74. The Balaban J connectivity index is 2.46. The molecule has 18 heavy (non-hydrogen) atoms. The fourth-order valence-corrected chi connectivity index (χ4v) is 2.73. The standard InChI is InChI=1S/C12H17N3O2S/c1-12(2,3)7-14(4)9-8(10(16)17)15-5-6-18-11(15)13-9/h5-6H,7H2,1-4H3,(H,16,17). The van der Waals surface area contributed by atoms with Gasteiger partial charge in [-0.15, -0.1) is 11.3 Å². The average molecular weight is 267 g/mol. The van der Waals surface area contributed by atoms with Crippen LogP contribution in [-0.4, -0.2) is 34.1 Å². The minimum Gasteiger partial charge on any atom is -0.476 e. The molecule has 1 N–H and O–H groups in total. The van der Waals surface area contributed by atoms with Crippen molar-refractivity contribution in [3.8, 4) is 0 Å². The Bertz CT molecular complexity index is 580. The number of aromatic carboxylic acids is 1. The number of hydrogen-bond acceptors (Lipinski definition) is 4. The summed E-state index contributed by atoms with van der Waals surface area (Å²) >= 11 is 1.44. The summed E-state index contributed by atoms with van der Waals surface area (Å²) in [5.74, 6) is -0.416. The van der Waals surface area contributed by atoms with E-state index >= 15 is 0 Å². The van der Waals surface area contributed by atoms with Crippen LogP contribution in [0.1, 0.15) is 31.3 Å². The van der Waals surface area contributed by atoms with Crippen molar-refractivity contribution in [2.45, 2.75) is 20.8 Å². The Labute approximate surface area is 110 Å². The zero-order valence-electron chi connectivity index (χ0n) is 11.0. The highest BCUT2D eigenvalue weighted by Gasteiger charge is 2.24. The third kappa shape index (κ3) is 2.33. The van der Waals surface area contributed by atoms with E-state index in [2.05, 4.69) is 25.8 Å². The van der Waals surface area contributed by atoms with Gasteiger partial charge in [-0.3, -0.25) is 4.40 Å². The number of rotatable bonds is 3. The van der Waals surface area contributed by atoms with Gasteiger partial charge >= 0.3 is 5.97 Å². The fourth-order valence-electron chi connectivity index (χ4n) is 2.03. The van der Waals surface area contributed by atoms with Crippen LogP contribution in [0.3, 0.4) is 0 Å². The average Bonchev–Trinajstić information content (AvgIpc) is 2.70. The normalized spacial score (nSPS) is 12.0. The van der Waals surface area contributed by atoms with Gasteiger partial charge in [0.15, 0.2) is 16.5 Å². The number of carboxylic acids is 1. The van der Waals surface area contributed by atoms with Crippen molar-refractivity contribution >= 4 is 28.1 Å². The molecule has 0 amide bonds. The van der Waals surface area contributed by atoms with Crippen molar-refractivity contribution < 1.29 is 9.90 Å². The largest absolute Gasteiger partial charge is 0.476 e. The smallest absolute Gasteiger partial charge is 0.356 e. The number of aromatic nitrogens is 2. The second kappa shape index (κ2) is 4.28. The molecular formula is C12H17N3O2S. The van der Waals surface area contributed by atoms with Gasteiger partial charge in [-0.1, -0.05) is 20.8 Å². The molecule has 0 saturated carbocycles. The van der Waals surface area contributed by atoms with Gasteiger partial charge in [0.25, 0.3) is 0 Å². The number of thiazole rings is 1. The minimum absolute atomic E-state index is 0.0849. The van der Waals surface area contributed by atoms with E-state index in [9.17, 15) is 9.90 Å². The number of imidazole rings is 1. The highest BCUT2D eigenvalue weighted by molar-refractivity contribution is 7.15. The van der Waals surface area contributed by atoms with Crippen molar-refractivity contribution in [1.82, 2.24) is 9.38 Å². The molecule has 5 nitrogen and oxygen atoms in total. The van der Waals surface area contributed by atoms with Gasteiger partial charge in [0.1, 0.15) is 0 Å². The molecule has 0 spiro atoms. The van der Waals surface area contributed by atoms with Crippen LogP contribution in [0.2, 0.25) is 0 Å². The third-order valence-electron chi connectivity index (χ3n) is 2.52. The summed E-state index contributed by atoms with van der Waals surface area (Å²) in [5, 5.41) is 11.2. The Hall–Kier alpha value is -1.56. The van der Waals surface area contributed by atoms with Crippen LogP contribution < -0.4 is 4.90 Å². The van der Waals surface area contributed by atoms with Gasteiger partial charge in [-0.05, 0) is 5.41 Å². The first-order valence-corrected chi connectivity index (χ1v) is 6.57. The first kappa shape index (κ1) is 12.9. The first-order valence-electron chi connectivity index (χ1n) is 5.69. The Morgan fingerprint density at radius 1 is 1.56 bits per heavy atom. The lowest BCUT2D eigenvalue weighted by molar-refractivity contribution is 0.0690. The second-order valence-corrected chi connectivity index (χ2v) is 6.43. The van der Waals surface area contributed by atoms with E-state index in [1.54, 1.807) is 10.6 Å². The third-order valence-corrected chi connectivity index (χ3v) is 3.28. The number of anilines is 1. The van der Waals surface area contributed by atoms with Crippen LogP contribution in [0.25, 0.3) is 4.96 Å². The summed E-state index contributed by atoms with van der Waals surface area (Å²) in [6, 6.07) is 0. The highest BCUT2D eigenvalue weighted by Crippen LogP contribution is 2.26. The summed E-state index contributed by atoms with van der Waals surface area (Å²) in [5.41, 5.74) is 0.319. The van der Waals surface area contributed by atoms with Gasteiger partial charge in [0, 0.05) is 25.2 Å². The number of carbonyl (C=O) groups is 1. The topological polar surface area (TPSA) is 57.8 Å². The number of fused-ring (bicyclic) bond motifs is 1. The summed E-state index contributed by atoms with van der Waals surface area (Å²) in [6.45, 7) is 7.09. The maximum atomic E-state index is 11.4. The molecule has 2 aromatic rings. The molecule has 2 aromatic heterocycles. The van der Waals surface area contributed by atoms with E-state index in [4.69, 9.17) is 0 Å². The lowest BCUT2D eigenvalue weighted by Gasteiger charge is -2.26. The lowest BCUT2D eigenvalue weighted by Crippen LogP contribution is -2.30. The molecule has 2 heterocycles. The maximum Gasteiger partial charge on any atom is 0.356 e. The molecule has 0 bridgehead atoms. The second-order valence-electron chi connectivity index (χ2n) is 5.56.